The summed E-state index contributed by atoms with van der Waals surface area (Å²) in [5.41, 5.74) is 2.84. The molecule has 0 spiro atoms. The van der Waals surface area contributed by atoms with E-state index < -0.39 is 0 Å². The van der Waals surface area contributed by atoms with Crippen LogP contribution in [0.4, 0.5) is 0 Å². The molecule has 0 fully saturated rings. The van der Waals surface area contributed by atoms with E-state index in [-0.39, 0.29) is 0 Å². The maximum atomic E-state index is 2.46. The number of hydrogen-bond donors (Lipinski definition) is 0. The molecule has 2 aromatic rings. The highest BCUT2D eigenvalue weighted by Gasteiger charge is 2.11. The normalized spacial score (nSPS) is 12.7. The van der Waals surface area contributed by atoms with E-state index in [2.05, 4.69) is 91.5 Å². The lowest BCUT2D eigenvalue weighted by molar-refractivity contribution is 0.195. The second kappa shape index (κ2) is 9.49. The Morgan fingerprint density at radius 3 is 1.74 bits per heavy atom. The first-order valence-corrected chi connectivity index (χ1v) is 8.62. The SMILES string of the molecule is CC(CN(C)CCc1ccccc1)N(C)CCc1ccccc1. The molecular formula is C21H30N2. The summed E-state index contributed by atoms with van der Waals surface area (Å²) < 4.78 is 0. The second-order valence-corrected chi connectivity index (χ2v) is 6.56. The highest BCUT2D eigenvalue weighted by atomic mass is 15.2. The van der Waals surface area contributed by atoms with Crippen molar-refractivity contribution in [2.45, 2.75) is 25.8 Å². The maximum absolute atomic E-state index is 2.46. The highest BCUT2D eigenvalue weighted by molar-refractivity contribution is 5.15. The molecule has 2 heteroatoms. The van der Waals surface area contributed by atoms with Crippen LogP contribution in [-0.2, 0) is 12.8 Å². The highest BCUT2D eigenvalue weighted by Crippen LogP contribution is 2.05. The molecule has 0 aromatic heterocycles. The van der Waals surface area contributed by atoms with Gasteiger partial charge in [-0.25, -0.2) is 0 Å². The van der Waals surface area contributed by atoms with Gasteiger partial charge in [0.1, 0.15) is 0 Å². The van der Waals surface area contributed by atoms with Gasteiger partial charge in [0.05, 0.1) is 0 Å². The van der Waals surface area contributed by atoms with Crippen molar-refractivity contribution in [3.63, 3.8) is 0 Å². The first kappa shape index (κ1) is 17.7. The summed E-state index contributed by atoms with van der Waals surface area (Å²) in [6.45, 7) is 5.65. The number of likely N-dealkylation sites (N-methyl/N-ethyl adjacent to an activating group) is 2. The second-order valence-electron chi connectivity index (χ2n) is 6.56. The molecule has 0 aliphatic carbocycles. The summed E-state index contributed by atoms with van der Waals surface area (Å²) in [4.78, 5) is 4.91. The molecule has 124 valence electrons. The fourth-order valence-corrected chi connectivity index (χ4v) is 2.82. The summed E-state index contributed by atoms with van der Waals surface area (Å²) in [6.07, 6.45) is 2.24. The van der Waals surface area contributed by atoms with Crippen LogP contribution >= 0.6 is 0 Å². The molecule has 0 N–H and O–H groups in total. The van der Waals surface area contributed by atoms with Crippen LogP contribution in [0.5, 0.6) is 0 Å². The van der Waals surface area contributed by atoms with Crippen LogP contribution in [0.2, 0.25) is 0 Å². The lowest BCUT2D eigenvalue weighted by atomic mass is 10.1. The van der Waals surface area contributed by atoms with E-state index in [1.807, 2.05) is 0 Å². The van der Waals surface area contributed by atoms with Crippen molar-refractivity contribution < 1.29 is 0 Å². The summed E-state index contributed by atoms with van der Waals surface area (Å²) in [5.74, 6) is 0. The van der Waals surface area contributed by atoms with Crippen LogP contribution in [0.3, 0.4) is 0 Å². The lowest BCUT2D eigenvalue weighted by Gasteiger charge is -2.29. The van der Waals surface area contributed by atoms with Crippen LogP contribution in [0.15, 0.2) is 60.7 Å². The van der Waals surface area contributed by atoms with Gasteiger partial charge in [-0.05, 0) is 45.0 Å². The fourth-order valence-electron chi connectivity index (χ4n) is 2.82. The van der Waals surface area contributed by atoms with Crippen LogP contribution < -0.4 is 0 Å². The Hall–Kier alpha value is -1.64. The van der Waals surface area contributed by atoms with Crippen molar-refractivity contribution in [3.05, 3.63) is 71.8 Å². The minimum absolute atomic E-state index is 0.569. The van der Waals surface area contributed by atoms with Gasteiger partial charge in [0.25, 0.3) is 0 Å². The molecule has 0 aliphatic heterocycles. The molecule has 0 bridgehead atoms. The summed E-state index contributed by atoms with van der Waals surface area (Å²) in [6, 6.07) is 22.1. The van der Waals surface area contributed by atoms with Crippen molar-refractivity contribution in [1.29, 1.82) is 0 Å². The van der Waals surface area contributed by atoms with E-state index in [1.165, 1.54) is 11.1 Å². The van der Waals surface area contributed by atoms with Gasteiger partial charge >= 0.3 is 0 Å². The zero-order valence-electron chi connectivity index (χ0n) is 14.8. The molecule has 0 amide bonds. The van der Waals surface area contributed by atoms with Gasteiger partial charge in [-0.3, -0.25) is 0 Å². The molecule has 1 atom stereocenters. The molecule has 0 radical (unpaired) electrons. The van der Waals surface area contributed by atoms with E-state index in [4.69, 9.17) is 0 Å². The van der Waals surface area contributed by atoms with E-state index in [9.17, 15) is 0 Å². The van der Waals surface area contributed by atoms with E-state index in [0.29, 0.717) is 6.04 Å². The lowest BCUT2D eigenvalue weighted by Crippen LogP contribution is -2.40. The van der Waals surface area contributed by atoms with Crippen LogP contribution in [0, 0.1) is 0 Å². The van der Waals surface area contributed by atoms with Crippen LogP contribution in [0.1, 0.15) is 18.1 Å². The Morgan fingerprint density at radius 1 is 0.739 bits per heavy atom. The van der Waals surface area contributed by atoms with Crippen molar-refractivity contribution in [2.75, 3.05) is 33.7 Å². The van der Waals surface area contributed by atoms with Crippen molar-refractivity contribution in [2.24, 2.45) is 0 Å². The van der Waals surface area contributed by atoms with E-state index >= 15 is 0 Å². The van der Waals surface area contributed by atoms with Crippen molar-refractivity contribution >= 4 is 0 Å². The first-order chi connectivity index (χ1) is 11.1. The molecule has 1 unspecified atom stereocenters. The average molecular weight is 310 g/mol. The summed E-state index contributed by atoms with van der Waals surface area (Å²) in [5, 5.41) is 0. The number of nitrogens with zero attached hydrogens (tertiary/aromatic N) is 2. The number of hydrogen-bond acceptors (Lipinski definition) is 2. The monoisotopic (exact) mass is 310 g/mol. The quantitative estimate of drug-likeness (QED) is 0.696. The molecule has 0 saturated carbocycles. The number of benzene rings is 2. The van der Waals surface area contributed by atoms with Crippen LogP contribution in [0.25, 0.3) is 0 Å². The van der Waals surface area contributed by atoms with Gasteiger partial charge in [-0.1, -0.05) is 60.7 Å². The standard InChI is InChI=1S/C21H30N2/c1-19(23(3)17-15-21-12-8-5-9-13-21)18-22(2)16-14-20-10-6-4-7-11-20/h4-13,19H,14-18H2,1-3H3. The minimum Gasteiger partial charge on any atom is -0.304 e. The Balaban J connectivity index is 1.69. The molecule has 0 aliphatic rings. The summed E-state index contributed by atoms with van der Waals surface area (Å²) in [7, 11) is 4.46. The largest absolute Gasteiger partial charge is 0.304 e. The number of rotatable bonds is 9. The Kier molecular flexibility index (Phi) is 7.31. The van der Waals surface area contributed by atoms with Crippen LogP contribution in [-0.4, -0.2) is 49.6 Å². The first-order valence-electron chi connectivity index (χ1n) is 8.62. The van der Waals surface area contributed by atoms with Gasteiger partial charge in [-0.15, -0.1) is 0 Å². The smallest absolute Gasteiger partial charge is 0.0191 e. The topological polar surface area (TPSA) is 6.48 Å². The third-order valence-corrected chi connectivity index (χ3v) is 4.55. The molecule has 0 heterocycles. The Bertz CT molecular complexity index is 538. The fraction of sp³-hybridized carbons (Fsp3) is 0.429. The van der Waals surface area contributed by atoms with Gasteiger partial charge < -0.3 is 9.80 Å². The Morgan fingerprint density at radius 2 is 1.22 bits per heavy atom. The third-order valence-electron chi connectivity index (χ3n) is 4.55. The molecular weight excluding hydrogens is 280 g/mol. The molecule has 23 heavy (non-hydrogen) atoms. The van der Waals surface area contributed by atoms with Gasteiger partial charge in [0, 0.05) is 25.7 Å². The van der Waals surface area contributed by atoms with E-state index in [0.717, 1.165) is 32.5 Å². The summed E-state index contributed by atoms with van der Waals surface area (Å²) >= 11 is 0. The maximum Gasteiger partial charge on any atom is 0.0191 e. The zero-order chi connectivity index (χ0) is 16.5. The van der Waals surface area contributed by atoms with Crippen molar-refractivity contribution in [3.8, 4) is 0 Å². The third kappa shape index (κ3) is 6.55. The minimum atomic E-state index is 0.569. The van der Waals surface area contributed by atoms with E-state index in [1.54, 1.807) is 0 Å². The molecule has 2 nitrogen and oxygen atoms in total. The molecule has 0 saturated heterocycles. The average Bonchev–Trinajstić information content (AvgIpc) is 2.59. The molecule has 2 aromatic carbocycles. The van der Waals surface area contributed by atoms with Crippen molar-refractivity contribution in [1.82, 2.24) is 9.80 Å². The predicted molar refractivity (Wildman–Crippen MR) is 99.9 cm³/mol. The van der Waals surface area contributed by atoms with Gasteiger partial charge in [-0.2, -0.15) is 0 Å². The molecule has 2 rings (SSSR count). The zero-order valence-corrected chi connectivity index (χ0v) is 14.8. The van der Waals surface area contributed by atoms with Gasteiger partial charge in [0.15, 0.2) is 0 Å². The van der Waals surface area contributed by atoms with Gasteiger partial charge in [0.2, 0.25) is 0 Å². The Labute approximate surface area is 141 Å². The predicted octanol–water partition coefficient (Wildman–Crippen LogP) is 3.72.